The highest BCUT2D eigenvalue weighted by molar-refractivity contribution is 7.88. The van der Waals surface area contributed by atoms with E-state index in [4.69, 9.17) is 9.15 Å². The fourth-order valence-electron chi connectivity index (χ4n) is 1.55. The normalized spacial score (nSPS) is 11.8. The van der Waals surface area contributed by atoms with Crippen LogP contribution in [0.1, 0.15) is 12.2 Å². The maximum Gasteiger partial charge on any atom is 0.221 e. The van der Waals surface area contributed by atoms with Gasteiger partial charge >= 0.3 is 0 Å². The molecule has 0 atom stereocenters. The first-order valence-electron chi connectivity index (χ1n) is 6.16. The molecule has 0 saturated carbocycles. The van der Waals surface area contributed by atoms with E-state index in [1.807, 2.05) is 0 Å². The third-order valence-electron chi connectivity index (χ3n) is 2.60. The van der Waals surface area contributed by atoms with E-state index in [0.717, 1.165) is 6.26 Å². The van der Waals surface area contributed by atoms with Crippen LogP contribution in [0.25, 0.3) is 0 Å². The van der Waals surface area contributed by atoms with E-state index >= 15 is 0 Å². The average molecular weight is 304 g/mol. The van der Waals surface area contributed by atoms with Crippen LogP contribution in [0.4, 0.5) is 0 Å². The number of sulfonamides is 1. The third kappa shape index (κ3) is 6.18. The van der Waals surface area contributed by atoms with E-state index in [9.17, 15) is 13.2 Å². The zero-order valence-corrected chi connectivity index (χ0v) is 12.5. The standard InChI is InChI=1S/C12H20N2O5S/c1-18-9-6-13-12(15)5-7-14(20(2,16)17)10-11-4-3-8-19-11/h3-4,8H,5-7,9-10H2,1-2H3,(H,13,15). The molecule has 0 aromatic carbocycles. The van der Waals surface area contributed by atoms with Crippen molar-refractivity contribution in [2.24, 2.45) is 0 Å². The lowest BCUT2D eigenvalue weighted by molar-refractivity contribution is -0.121. The summed E-state index contributed by atoms with van der Waals surface area (Å²) in [5.74, 6) is 0.324. The number of carbonyl (C=O) groups excluding carboxylic acids is 1. The van der Waals surface area contributed by atoms with Crippen LogP contribution >= 0.6 is 0 Å². The Labute approximate surface area is 118 Å². The molecule has 0 unspecified atom stereocenters. The summed E-state index contributed by atoms with van der Waals surface area (Å²) in [7, 11) is -1.85. The maximum absolute atomic E-state index is 11.7. The van der Waals surface area contributed by atoms with Gasteiger partial charge in [-0.05, 0) is 12.1 Å². The minimum atomic E-state index is -3.39. The molecule has 0 saturated heterocycles. The Morgan fingerprint density at radius 3 is 2.80 bits per heavy atom. The van der Waals surface area contributed by atoms with Crippen LogP contribution < -0.4 is 5.32 Å². The smallest absolute Gasteiger partial charge is 0.221 e. The molecule has 0 aliphatic rings. The summed E-state index contributed by atoms with van der Waals surface area (Å²) in [4.78, 5) is 11.5. The van der Waals surface area contributed by atoms with Gasteiger partial charge < -0.3 is 14.5 Å². The molecule has 8 heteroatoms. The summed E-state index contributed by atoms with van der Waals surface area (Å²) in [6, 6.07) is 3.38. The van der Waals surface area contributed by atoms with Crippen LogP contribution in [0.15, 0.2) is 22.8 Å². The Bertz CT molecular complexity index is 498. The number of nitrogens with one attached hydrogen (secondary N) is 1. The summed E-state index contributed by atoms with van der Waals surface area (Å²) < 4.78 is 34.5. The number of rotatable bonds is 9. The van der Waals surface area contributed by atoms with E-state index < -0.39 is 10.0 Å². The lowest BCUT2D eigenvalue weighted by Crippen LogP contribution is -2.35. The summed E-state index contributed by atoms with van der Waals surface area (Å²) in [6.45, 7) is 1.07. The second-order valence-corrected chi connectivity index (χ2v) is 6.25. The molecule has 7 nitrogen and oxygen atoms in total. The monoisotopic (exact) mass is 304 g/mol. The highest BCUT2D eigenvalue weighted by Gasteiger charge is 2.19. The Balaban J connectivity index is 2.48. The van der Waals surface area contributed by atoms with Crippen molar-refractivity contribution in [3.05, 3.63) is 24.2 Å². The molecule has 1 amide bonds. The molecule has 0 aliphatic heterocycles. The van der Waals surface area contributed by atoms with Gasteiger partial charge in [0.05, 0.1) is 25.7 Å². The molecule has 0 bridgehead atoms. The van der Waals surface area contributed by atoms with Gasteiger partial charge in [0.15, 0.2) is 0 Å². The molecule has 1 heterocycles. The second-order valence-electron chi connectivity index (χ2n) is 4.27. The first-order valence-corrected chi connectivity index (χ1v) is 8.01. The lowest BCUT2D eigenvalue weighted by Gasteiger charge is -2.18. The summed E-state index contributed by atoms with van der Waals surface area (Å²) in [5, 5.41) is 2.64. The van der Waals surface area contributed by atoms with Crippen molar-refractivity contribution in [1.29, 1.82) is 0 Å². The number of carbonyl (C=O) groups is 1. The van der Waals surface area contributed by atoms with Crippen LogP contribution in [0.3, 0.4) is 0 Å². The first-order chi connectivity index (χ1) is 9.43. The van der Waals surface area contributed by atoms with Gasteiger partial charge in [0.2, 0.25) is 15.9 Å². The van der Waals surface area contributed by atoms with Crippen LogP contribution in [0.2, 0.25) is 0 Å². The fraction of sp³-hybridized carbons (Fsp3) is 0.583. The lowest BCUT2D eigenvalue weighted by atomic mass is 10.3. The highest BCUT2D eigenvalue weighted by Crippen LogP contribution is 2.09. The van der Waals surface area contributed by atoms with Crippen LogP contribution in [0, 0.1) is 0 Å². The van der Waals surface area contributed by atoms with Crippen molar-refractivity contribution >= 4 is 15.9 Å². The molecular weight excluding hydrogens is 284 g/mol. The molecule has 1 aromatic heterocycles. The van der Waals surface area contributed by atoms with Crippen LogP contribution in [-0.2, 0) is 26.1 Å². The molecule has 0 radical (unpaired) electrons. The molecule has 0 fully saturated rings. The number of methoxy groups -OCH3 is 1. The maximum atomic E-state index is 11.7. The second kappa shape index (κ2) is 8.03. The van der Waals surface area contributed by atoms with E-state index in [2.05, 4.69) is 5.32 Å². The molecule has 0 aliphatic carbocycles. The van der Waals surface area contributed by atoms with Crippen molar-refractivity contribution < 1.29 is 22.4 Å². The van der Waals surface area contributed by atoms with Gasteiger partial charge in [0, 0.05) is 26.6 Å². The number of furan rings is 1. The van der Waals surface area contributed by atoms with Gasteiger partial charge in [-0.25, -0.2) is 8.42 Å². The molecule has 0 spiro atoms. The Kier molecular flexibility index (Phi) is 6.69. The third-order valence-corrected chi connectivity index (χ3v) is 3.85. The van der Waals surface area contributed by atoms with Crippen molar-refractivity contribution in [2.45, 2.75) is 13.0 Å². The van der Waals surface area contributed by atoms with Gasteiger partial charge in [0.25, 0.3) is 0 Å². The molecule has 1 N–H and O–H groups in total. The average Bonchev–Trinajstić information content (AvgIpc) is 2.86. The molecule has 1 rings (SSSR count). The SMILES string of the molecule is COCCNC(=O)CCN(Cc1ccco1)S(C)(=O)=O. The molecular formula is C12H20N2O5S. The number of hydrogen-bond donors (Lipinski definition) is 1. The van der Waals surface area contributed by atoms with Crippen LogP contribution in [-0.4, -0.2) is 51.7 Å². The molecule has 114 valence electrons. The van der Waals surface area contributed by atoms with E-state index in [-0.39, 0.29) is 25.4 Å². The highest BCUT2D eigenvalue weighted by atomic mass is 32.2. The number of ether oxygens (including phenoxy) is 1. The predicted octanol–water partition coefficient (Wildman–Crippen LogP) is 0.194. The number of amides is 1. The number of nitrogens with zero attached hydrogens (tertiary/aromatic N) is 1. The van der Waals surface area contributed by atoms with Crippen molar-refractivity contribution in [2.75, 3.05) is 33.1 Å². The van der Waals surface area contributed by atoms with Gasteiger partial charge in [0.1, 0.15) is 5.76 Å². The van der Waals surface area contributed by atoms with Crippen molar-refractivity contribution in [3.63, 3.8) is 0 Å². The van der Waals surface area contributed by atoms with Crippen molar-refractivity contribution in [3.8, 4) is 0 Å². The van der Waals surface area contributed by atoms with Crippen LogP contribution in [0.5, 0.6) is 0 Å². The fourth-order valence-corrected chi connectivity index (χ4v) is 2.33. The largest absolute Gasteiger partial charge is 0.468 e. The minimum Gasteiger partial charge on any atom is -0.468 e. The Hall–Kier alpha value is -1.38. The summed E-state index contributed by atoms with van der Waals surface area (Å²) in [6.07, 6.45) is 2.68. The number of hydrogen-bond acceptors (Lipinski definition) is 5. The minimum absolute atomic E-state index is 0.0947. The van der Waals surface area contributed by atoms with Gasteiger partial charge in [-0.3, -0.25) is 4.79 Å². The van der Waals surface area contributed by atoms with Gasteiger partial charge in [-0.15, -0.1) is 0 Å². The topological polar surface area (TPSA) is 88.8 Å². The van der Waals surface area contributed by atoms with Gasteiger partial charge in [-0.2, -0.15) is 4.31 Å². The Morgan fingerprint density at radius 2 is 2.25 bits per heavy atom. The summed E-state index contributed by atoms with van der Waals surface area (Å²) in [5.41, 5.74) is 0. The summed E-state index contributed by atoms with van der Waals surface area (Å²) >= 11 is 0. The zero-order chi connectivity index (χ0) is 15.0. The quantitative estimate of drug-likeness (QED) is 0.658. The van der Waals surface area contributed by atoms with E-state index in [1.165, 1.54) is 10.6 Å². The predicted molar refractivity (Wildman–Crippen MR) is 73.5 cm³/mol. The van der Waals surface area contributed by atoms with Crippen molar-refractivity contribution in [1.82, 2.24) is 9.62 Å². The Morgan fingerprint density at radius 1 is 1.50 bits per heavy atom. The molecule has 1 aromatic rings. The van der Waals surface area contributed by atoms with E-state index in [0.29, 0.717) is 18.9 Å². The zero-order valence-electron chi connectivity index (χ0n) is 11.7. The molecule has 20 heavy (non-hydrogen) atoms. The van der Waals surface area contributed by atoms with E-state index in [1.54, 1.807) is 19.2 Å². The van der Waals surface area contributed by atoms with Gasteiger partial charge in [-0.1, -0.05) is 0 Å². The first kappa shape index (κ1) is 16.7.